The summed E-state index contributed by atoms with van der Waals surface area (Å²) in [6.45, 7) is 4.90. The molecule has 1 rings (SSSR count). The van der Waals surface area contributed by atoms with E-state index < -0.39 is 0 Å². The lowest BCUT2D eigenvalue weighted by Gasteiger charge is -2.13. The molecule has 1 amide bonds. The molecule has 0 aliphatic heterocycles. The predicted octanol–water partition coefficient (Wildman–Crippen LogP) is 3.55. The van der Waals surface area contributed by atoms with Gasteiger partial charge in [0.2, 0.25) is 0 Å². The van der Waals surface area contributed by atoms with E-state index in [1.165, 1.54) is 12.3 Å². The van der Waals surface area contributed by atoms with E-state index in [0.717, 1.165) is 12.8 Å². The molecule has 0 aliphatic rings. The van der Waals surface area contributed by atoms with Gasteiger partial charge in [-0.05, 0) is 12.0 Å². The lowest BCUT2D eigenvalue weighted by Crippen LogP contribution is -2.29. The van der Waals surface area contributed by atoms with E-state index in [-0.39, 0.29) is 11.1 Å². The molecule has 0 saturated heterocycles. The molecule has 0 aliphatic carbocycles. The fraction of sp³-hybridized carbons (Fsp3) is 0.500. The fourth-order valence-electron chi connectivity index (χ4n) is 1.46. The summed E-state index contributed by atoms with van der Waals surface area (Å²) < 4.78 is 0. The minimum absolute atomic E-state index is 0.164. The van der Waals surface area contributed by atoms with Gasteiger partial charge >= 0.3 is 0 Å². The number of hydrogen-bond donors (Lipinski definition) is 1. The molecule has 0 fully saturated rings. The number of amides is 1. The van der Waals surface area contributed by atoms with Gasteiger partial charge in [0.15, 0.2) is 0 Å². The zero-order valence-corrected chi connectivity index (χ0v) is 11.5. The van der Waals surface area contributed by atoms with Gasteiger partial charge in [-0.3, -0.25) is 4.79 Å². The Bertz CT molecular complexity index is 392. The second-order valence-corrected chi connectivity index (χ2v) is 4.65. The maximum Gasteiger partial charge on any atom is 0.252 e. The first-order chi connectivity index (χ1) is 8.08. The molecule has 0 unspecified atom stereocenters. The van der Waals surface area contributed by atoms with E-state index in [1.807, 2.05) is 0 Å². The van der Waals surface area contributed by atoms with Crippen molar-refractivity contribution in [3.8, 4) is 0 Å². The van der Waals surface area contributed by atoms with Crippen LogP contribution in [-0.4, -0.2) is 17.4 Å². The molecule has 0 bridgehead atoms. The van der Waals surface area contributed by atoms with Crippen LogP contribution in [0, 0.1) is 5.92 Å². The maximum absolute atomic E-state index is 11.8. The number of carbonyl (C=O) groups excluding carboxylic acids is 1. The first kappa shape index (κ1) is 14.3. The minimum Gasteiger partial charge on any atom is -0.352 e. The lowest BCUT2D eigenvalue weighted by atomic mass is 10.0. The number of carbonyl (C=O) groups is 1. The smallest absolute Gasteiger partial charge is 0.252 e. The quantitative estimate of drug-likeness (QED) is 0.835. The highest BCUT2D eigenvalue weighted by molar-refractivity contribution is 6.41. The van der Waals surface area contributed by atoms with Crippen LogP contribution in [0.15, 0.2) is 12.3 Å². The first-order valence-electron chi connectivity index (χ1n) is 5.67. The first-order valence-corrected chi connectivity index (χ1v) is 6.43. The van der Waals surface area contributed by atoms with Gasteiger partial charge in [-0.1, -0.05) is 49.9 Å². The van der Waals surface area contributed by atoms with Gasteiger partial charge in [0.1, 0.15) is 5.15 Å². The molecule has 0 saturated carbocycles. The summed E-state index contributed by atoms with van der Waals surface area (Å²) in [4.78, 5) is 15.6. The molecule has 94 valence electrons. The Morgan fingerprint density at radius 2 is 2.06 bits per heavy atom. The molecule has 17 heavy (non-hydrogen) atoms. The summed E-state index contributed by atoms with van der Waals surface area (Å²) in [5.41, 5.74) is 0.436. The Balaban J connectivity index is 2.61. The highest BCUT2D eigenvalue weighted by Gasteiger charge is 2.10. The third kappa shape index (κ3) is 4.17. The van der Waals surface area contributed by atoms with Crippen molar-refractivity contribution >= 4 is 29.1 Å². The van der Waals surface area contributed by atoms with Crippen molar-refractivity contribution in [3.05, 3.63) is 28.0 Å². The third-order valence-electron chi connectivity index (χ3n) is 2.76. The van der Waals surface area contributed by atoms with Crippen molar-refractivity contribution in [2.45, 2.75) is 26.7 Å². The number of pyridine rings is 1. The van der Waals surface area contributed by atoms with Crippen LogP contribution in [0.3, 0.4) is 0 Å². The van der Waals surface area contributed by atoms with E-state index in [9.17, 15) is 4.79 Å². The summed E-state index contributed by atoms with van der Waals surface area (Å²) in [7, 11) is 0. The Morgan fingerprint density at radius 3 is 2.59 bits per heavy atom. The Morgan fingerprint density at radius 1 is 1.41 bits per heavy atom. The van der Waals surface area contributed by atoms with Gasteiger partial charge in [0.05, 0.1) is 10.6 Å². The standard InChI is InChI=1S/C12H16Cl2N2O/c1-3-8(4-2)6-16-12(17)9-5-10(13)11(14)15-7-9/h5,7-8H,3-4,6H2,1-2H3,(H,16,17). The molecule has 1 heterocycles. The van der Waals surface area contributed by atoms with Crippen molar-refractivity contribution in [1.82, 2.24) is 10.3 Å². The number of halogens is 2. The van der Waals surface area contributed by atoms with Crippen molar-refractivity contribution in [2.75, 3.05) is 6.54 Å². The zero-order valence-electron chi connectivity index (χ0n) is 9.96. The summed E-state index contributed by atoms with van der Waals surface area (Å²) >= 11 is 11.5. The highest BCUT2D eigenvalue weighted by atomic mass is 35.5. The molecular formula is C12H16Cl2N2O. The lowest BCUT2D eigenvalue weighted by molar-refractivity contribution is 0.0946. The molecule has 0 aromatic carbocycles. The van der Waals surface area contributed by atoms with E-state index in [2.05, 4.69) is 24.1 Å². The van der Waals surface area contributed by atoms with Crippen LogP contribution in [0.2, 0.25) is 10.2 Å². The average molecular weight is 275 g/mol. The molecule has 1 aromatic heterocycles. The van der Waals surface area contributed by atoms with Gasteiger partial charge in [0, 0.05) is 12.7 Å². The normalized spacial score (nSPS) is 10.6. The molecule has 0 atom stereocenters. The zero-order chi connectivity index (χ0) is 12.8. The van der Waals surface area contributed by atoms with Crippen LogP contribution >= 0.6 is 23.2 Å². The van der Waals surface area contributed by atoms with Crippen LogP contribution in [-0.2, 0) is 0 Å². The number of rotatable bonds is 5. The number of hydrogen-bond acceptors (Lipinski definition) is 2. The van der Waals surface area contributed by atoms with Crippen LogP contribution in [0.4, 0.5) is 0 Å². The van der Waals surface area contributed by atoms with E-state index >= 15 is 0 Å². The molecule has 3 nitrogen and oxygen atoms in total. The average Bonchev–Trinajstić information content (AvgIpc) is 2.33. The van der Waals surface area contributed by atoms with Gasteiger partial charge in [-0.15, -0.1) is 0 Å². The van der Waals surface area contributed by atoms with E-state index in [0.29, 0.717) is 23.0 Å². The Hall–Kier alpha value is -0.800. The number of aromatic nitrogens is 1. The molecule has 0 spiro atoms. The minimum atomic E-state index is -0.164. The molecule has 0 radical (unpaired) electrons. The van der Waals surface area contributed by atoms with Crippen LogP contribution < -0.4 is 5.32 Å². The molecule has 5 heteroatoms. The van der Waals surface area contributed by atoms with Crippen molar-refractivity contribution in [3.63, 3.8) is 0 Å². The van der Waals surface area contributed by atoms with Gasteiger partial charge in [-0.2, -0.15) is 0 Å². The van der Waals surface area contributed by atoms with Gasteiger partial charge < -0.3 is 5.32 Å². The summed E-state index contributed by atoms with van der Waals surface area (Å²) in [6.07, 6.45) is 3.53. The van der Waals surface area contributed by atoms with E-state index in [1.54, 1.807) is 0 Å². The second-order valence-electron chi connectivity index (χ2n) is 3.89. The number of nitrogens with one attached hydrogen (secondary N) is 1. The fourth-order valence-corrected chi connectivity index (χ4v) is 1.73. The van der Waals surface area contributed by atoms with Crippen LogP contribution in [0.1, 0.15) is 37.0 Å². The van der Waals surface area contributed by atoms with E-state index in [4.69, 9.17) is 23.2 Å². The topological polar surface area (TPSA) is 42.0 Å². The van der Waals surface area contributed by atoms with Crippen LogP contribution in [0.5, 0.6) is 0 Å². The second kappa shape index (κ2) is 6.82. The maximum atomic E-state index is 11.8. The van der Waals surface area contributed by atoms with Gasteiger partial charge in [0.25, 0.3) is 5.91 Å². The van der Waals surface area contributed by atoms with Crippen LogP contribution in [0.25, 0.3) is 0 Å². The monoisotopic (exact) mass is 274 g/mol. The summed E-state index contributed by atoms with van der Waals surface area (Å²) in [6, 6.07) is 1.53. The molecular weight excluding hydrogens is 259 g/mol. The number of nitrogens with zero attached hydrogens (tertiary/aromatic N) is 1. The Labute approximate surface area is 112 Å². The third-order valence-corrected chi connectivity index (χ3v) is 3.45. The molecule has 1 aromatic rings. The summed E-state index contributed by atoms with van der Waals surface area (Å²) in [5, 5.41) is 3.37. The van der Waals surface area contributed by atoms with Crippen molar-refractivity contribution < 1.29 is 4.79 Å². The van der Waals surface area contributed by atoms with Gasteiger partial charge in [-0.25, -0.2) is 4.98 Å². The predicted molar refractivity (Wildman–Crippen MR) is 70.7 cm³/mol. The largest absolute Gasteiger partial charge is 0.352 e. The van der Waals surface area contributed by atoms with Crippen molar-refractivity contribution in [1.29, 1.82) is 0 Å². The Kier molecular flexibility index (Phi) is 5.72. The highest BCUT2D eigenvalue weighted by Crippen LogP contribution is 2.19. The SMILES string of the molecule is CCC(CC)CNC(=O)c1cnc(Cl)c(Cl)c1. The summed E-state index contributed by atoms with van der Waals surface area (Å²) in [5.74, 6) is 0.345. The molecule has 1 N–H and O–H groups in total. The van der Waals surface area contributed by atoms with Crippen molar-refractivity contribution in [2.24, 2.45) is 5.92 Å².